The van der Waals surface area contributed by atoms with Crippen LogP contribution in [0.25, 0.3) is 0 Å². The average molecular weight is 246 g/mol. The fourth-order valence-electron chi connectivity index (χ4n) is 2.35. The van der Waals surface area contributed by atoms with Crippen molar-refractivity contribution in [3.8, 4) is 0 Å². The van der Waals surface area contributed by atoms with Crippen molar-refractivity contribution in [2.45, 2.75) is 22.2 Å². The summed E-state index contributed by atoms with van der Waals surface area (Å²) >= 11 is 3.30. The van der Waals surface area contributed by atoms with E-state index in [1.165, 1.54) is 4.90 Å². The van der Waals surface area contributed by atoms with E-state index in [1.807, 2.05) is 0 Å². The Labute approximate surface area is 94.7 Å². The van der Waals surface area contributed by atoms with Gasteiger partial charge in [0.2, 0.25) is 5.91 Å². The first-order valence-electron chi connectivity index (χ1n) is 4.63. The molecule has 2 unspecified atom stereocenters. The van der Waals surface area contributed by atoms with Crippen molar-refractivity contribution in [3.05, 3.63) is 0 Å². The smallest absolute Gasteiger partial charge is 0.327 e. The molecule has 15 heavy (non-hydrogen) atoms. The van der Waals surface area contributed by atoms with Crippen LogP contribution < -0.4 is 5.73 Å². The molecule has 82 valence electrons. The number of rotatable bonds is 1. The number of carbonyl (C=O) groups excluding carboxylic acids is 1. The fraction of sp³-hybridized carbons (Fsp3) is 0.750. The fourth-order valence-corrected chi connectivity index (χ4v) is 5.74. The molecule has 3 aliphatic heterocycles. The van der Waals surface area contributed by atoms with Crippen molar-refractivity contribution >= 4 is 35.4 Å². The van der Waals surface area contributed by atoms with Crippen LogP contribution in [0.4, 0.5) is 0 Å². The summed E-state index contributed by atoms with van der Waals surface area (Å²) in [5.41, 5.74) is 5.66. The number of thioether (sulfide) groups is 2. The van der Waals surface area contributed by atoms with E-state index in [4.69, 9.17) is 5.73 Å². The molecule has 1 amide bonds. The molecule has 7 heteroatoms. The summed E-state index contributed by atoms with van der Waals surface area (Å²) in [6.45, 7) is 0. The first-order chi connectivity index (χ1) is 7.07. The third kappa shape index (κ3) is 1.01. The van der Waals surface area contributed by atoms with Crippen LogP contribution in [0.5, 0.6) is 0 Å². The van der Waals surface area contributed by atoms with E-state index in [2.05, 4.69) is 0 Å². The molecule has 3 saturated heterocycles. The Morgan fingerprint density at radius 1 is 1.60 bits per heavy atom. The molecule has 3 fully saturated rings. The van der Waals surface area contributed by atoms with Crippen LogP contribution in [0.15, 0.2) is 0 Å². The minimum Gasteiger partial charge on any atom is -0.480 e. The monoisotopic (exact) mass is 246 g/mol. The van der Waals surface area contributed by atoms with Crippen LogP contribution in [-0.4, -0.2) is 55.6 Å². The van der Waals surface area contributed by atoms with E-state index < -0.39 is 18.1 Å². The van der Waals surface area contributed by atoms with E-state index >= 15 is 0 Å². The van der Waals surface area contributed by atoms with Gasteiger partial charge >= 0.3 is 5.97 Å². The summed E-state index contributed by atoms with van der Waals surface area (Å²) in [4.78, 5) is 24.2. The van der Waals surface area contributed by atoms with Crippen molar-refractivity contribution in [2.75, 3.05) is 11.5 Å². The van der Waals surface area contributed by atoms with Crippen LogP contribution in [0.3, 0.4) is 0 Å². The first kappa shape index (κ1) is 9.80. The second-order valence-electron chi connectivity index (χ2n) is 4.08. The van der Waals surface area contributed by atoms with E-state index in [0.717, 1.165) is 11.5 Å². The number of fused-ring (bicyclic) bond motifs is 1. The quantitative estimate of drug-likeness (QED) is 0.587. The van der Waals surface area contributed by atoms with Gasteiger partial charge in [0.05, 0.1) is 4.75 Å². The summed E-state index contributed by atoms with van der Waals surface area (Å²) < 4.78 is -0.273. The molecule has 0 bridgehead atoms. The third-order valence-corrected chi connectivity index (χ3v) is 6.73. The average Bonchev–Trinajstić information content (AvgIpc) is 2.48. The van der Waals surface area contributed by atoms with Crippen LogP contribution in [-0.2, 0) is 9.59 Å². The maximum atomic E-state index is 11.5. The van der Waals surface area contributed by atoms with Crippen molar-refractivity contribution in [1.29, 1.82) is 0 Å². The molecule has 1 spiro atoms. The maximum absolute atomic E-state index is 11.5. The standard InChI is InChI=1S/C8H10N2O3S2/c9-3-5(11)10-4(7(12)13)8(1-14-2-8)15-6(3)10/h3-4,6H,1-2,9H2,(H,12,13)/t3?,4?,6-/m1/s1. The highest BCUT2D eigenvalue weighted by molar-refractivity contribution is 8.08. The van der Waals surface area contributed by atoms with Crippen LogP contribution >= 0.6 is 23.5 Å². The molecule has 0 aromatic carbocycles. The number of amides is 1. The Morgan fingerprint density at radius 2 is 2.27 bits per heavy atom. The van der Waals surface area contributed by atoms with Crippen LogP contribution in [0.2, 0.25) is 0 Å². The van der Waals surface area contributed by atoms with Gasteiger partial charge < -0.3 is 15.7 Å². The first-order valence-corrected chi connectivity index (χ1v) is 6.66. The molecule has 3 rings (SSSR count). The lowest BCUT2D eigenvalue weighted by Gasteiger charge is -2.43. The number of carbonyl (C=O) groups is 2. The molecule has 3 aliphatic rings. The Hall–Kier alpha value is -0.400. The van der Waals surface area contributed by atoms with E-state index in [0.29, 0.717) is 0 Å². The lowest BCUT2D eigenvalue weighted by Crippen LogP contribution is -2.69. The molecule has 0 radical (unpaired) electrons. The van der Waals surface area contributed by atoms with Gasteiger partial charge in [-0.1, -0.05) is 0 Å². The number of nitrogens with zero attached hydrogens (tertiary/aromatic N) is 1. The Morgan fingerprint density at radius 3 is 2.73 bits per heavy atom. The zero-order valence-corrected chi connectivity index (χ0v) is 9.38. The highest BCUT2D eigenvalue weighted by Gasteiger charge is 2.67. The van der Waals surface area contributed by atoms with Gasteiger partial charge in [-0.05, 0) is 0 Å². The summed E-state index contributed by atoms with van der Waals surface area (Å²) in [5.74, 6) is 0.503. The Bertz CT molecular complexity index is 358. The zero-order valence-electron chi connectivity index (χ0n) is 7.75. The highest BCUT2D eigenvalue weighted by Crippen LogP contribution is 2.57. The van der Waals surface area contributed by atoms with Gasteiger partial charge in [0.1, 0.15) is 17.5 Å². The van der Waals surface area contributed by atoms with Crippen LogP contribution in [0.1, 0.15) is 0 Å². The topological polar surface area (TPSA) is 83.6 Å². The SMILES string of the molecule is NC1C(=O)N2C(C(=O)O)C3(CSC3)S[C@H]12. The Balaban J connectivity index is 1.95. The number of aliphatic carboxylic acids is 1. The van der Waals surface area contributed by atoms with E-state index in [-0.39, 0.29) is 16.0 Å². The molecule has 3 N–H and O–H groups in total. The summed E-state index contributed by atoms with van der Waals surface area (Å²) in [7, 11) is 0. The lowest BCUT2D eigenvalue weighted by molar-refractivity contribution is -0.159. The molecule has 5 nitrogen and oxygen atoms in total. The van der Waals surface area contributed by atoms with Crippen molar-refractivity contribution in [3.63, 3.8) is 0 Å². The minimum absolute atomic E-state index is 0.112. The number of nitrogens with two attached hydrogens (primary N) is 1. The van der Waals surface area contributed by atoms with Gasteiger partial charge in [-0.25, -0.2) is 4.79 Å². The van der Waals surface area contributed by atoms with Gasteiger partial charge in [0.25, 0.3) is 0 Å². The predicted octanol–water partition coefficient (Wildman–Crippen LogP) is -0.832. The molecule has 3 atom stereocenters. The predicted molar refractivity (Wildman–Crippen MR) is 57.7 cm³/mol. The van der Waals surface area contributed by atoms with Gasteiger partial charge in [-0.3, -0.25) is 4.79 Å². The second kappa shape index (κ2) is 2.83. The normalized spacial score (nSPS) is 41.0. The number of β-lactam (4-membered cyclic amide) rings is 1. The Kier molecular flexibility index (Phi) is 1.85. The lowest BCUT2D eigenvalue weighted by atomic mass is 9.95. The molecule has 0 aromatic heterocycles. The molecular weight excluding hydrogens is 236 g/mol. The molecule has 3 heterocycles. The molecule has 0 aliphatic carbocycles. The third-order valence-electron chi connectivity index (χ3n) is 3.18. The van der Waals surface area contributed by atoms with E-state index in [9.17, 15) is 14.7 Å². The molecular formula is C8H10N2O3S2. The van der Waals surface area contributed by atoms with E-state index in [1.54, 1.807) is 23.5 Å². The van der Waals surface area contributed by atoms with Gasteiger partial charge in [-0.15, -0.1) is 11.8 Å². The largest absolute Gasteiger partial charge is 0.480 e. The molecule has 0 saturated carbocycles. The van der Waals surface area contributed by atoms with Gasteiger partial charge in [0, 0.05) is 11.5 Å². The minimum atomic E-state index is -0.898. The number of hydrogen-bond acceptors (Lipinski definition) is 5. The highest BCUT2D eigenvalue weighted by atomic mass is 32.2. The van der Waals surface area contributed by atoms with Gasteiger partial charge in [0.15, 0.2) is 0 Å². The number of carboxylic acids is 1. The van der Waals surface area contributed by atoms with Crippen molar-refractivity contribution < 1.29 is 14.7 Å². The maximum Gasteiger partial charge on any atom is 0.327 e. The second-order valence-corrected chi connectivity index (χ2v) is 6.60. The summed E-state index contributed by atoms with van der Waals surface area (Å²) in [5, 5.41) is 9.07. The van der Waals surface area contributed by atoms with Crippen molar-refractivity contribution in [2.24, 2.45) is 5.73 Å². The summed E-state index contributed by atoms with van der Waals surface area (Å²) in [6.07, 6.45) is 0. The van der Waals surface area contributed by atoms with Gasteiger partial charge in [-0.2, -0.15) is 11.8 Å². The summed E-state index contributed by atoms with van der Waals surface area (Å²) in [6, 6.07) is -1.16. The number of hydrogen-bond donors (Lipinski definition) is 2. The molecule has 0 aromatic rings. The number of carboxylic acid groups (broad SMARTS) is 1. The van der Waals surface area contributed by atoms with Crippen LogP contribution in [0, 0.1) is 0 Å². The zero-order chi connectivity index (χ0) is 10.8. The van der Waals surface area contributed by atoms with Crippen molar-refractivity contribution in [1.82, 2.24) is 4.90 Å².